The van der Waals surface area contributed by atoms with Crippen LogP contribution in [0, 0.1) is 17.3 Å². The molecule has 3 N–H and O–H groups in total. The maximum atomic E-state index is 12.1. The molecule has 0 aliphatic heterocycles. The Kier molecular flexibility index (Phi) is 4.66. The summed E-state index contributed by atoms with van der Waals surface area (Å²) in [4.78, 5) is 12.1. The van der Waals surface area contributed by atoms with Crippen molar-refractivity contribution in [3.63, 3.8) is 0 Å². The van der Waals surface area contributed by atoms with E-state index in [0.29, 0.717) is 17.2 Å². The van der Waals surface area contributed by atoms with E-state index in [2.05, 4.69) is 12.2 Å². The van der Waals surface area contributed by atoms with E-state index in [0.717, 1.165) is 38.8 Å². The molecule has 0 radical (unpaired) electrons. The van der Waals surface area contributed by atoms with Crippen molar-refractivity contribution in [3.05, 3.63) is 0 Å². The number of hydrogen-bond acceptors (Lipinski definition) is 2. The highest BCUT2D eigenvalue weighted by atomic mass is 16.1. The molecule has 2 saturated carbocycles. The fraction of sp³-hybridized carbons (Fsp3) is 0.933. The zero-order valence-corrected chi connectivity index (χ0v) is 11.7. The molecular formula is C15H28N2O. The molecule has 18 heavy (non-hydrogen) atoms. The molecule has 0 aromatic carbocycles. The Balaban J connectivity index is 1.69. The smallest absolute Gasteiger partial charge is 0.223 e. The van der Waals surface area contributed by atoms with Crippen molar-refractivity contribution in [1.29, 1.82) is 0 Å². The molecule has 2 aliphatic rings. The second kappa shape index (κ2) is 6.05. The standard InChI is InChI=1S/C15H28N2O/c1-2-7-15(8-9-15)11-17-14(18)13-5-3-12(10-16)4-6-13/h12-13H,2-11,16H2,1H3,(H,17,18). The van der Waals surface area contributed by atoms with Gasteiger partial charge in [-0.25, -0.2) is 0 Å². The lowest BCUT2D eigenvalue weighted by Crippen LogP contribution is -2.37. The SMILES string of the molecule is CCCC1(CNC(=O)C2CCC(CN)CC2)CC1. The maximum Gasteiger partial charge on any atom is 0.223 e. The molecule has 3 nitrogen and oxygen atoms in total. The Morgan fingerprint density at radius 3 is 2.44 bits per heavy atom. The number of amides is 1. The van der Waals surface area contributed by atoms with Crippen LogP contribution in [0.4, 0.5) is 0 Å². The van der Waals surface area contributed by atoms with Crippen molar-refractivity contribution >= 4 is 5.91 Å². The monoisotopic (exact) mass is 252 g/mol. The lowest BCUT2D eigenvalue weighted by Gasteiger charge is -2.27. The van der Waals surface area contributed by atoms with Gasteiger partial charge in [-0.3, -0.25) is 4.79 Å². The third-order valence-corrected chi connectivity index (χ3v) is 4.93. The first-order valence-electron chi connectivity index (χ1n) is 7.67. The van der Waals surface area contributed by atoms with Crippen LogP contribution < -0.4 is 11.1 Å². The van der Waals surface area contributed by atoms with E-state index in [1.807, 2.05) is 0 Å². The van der Waals surface area contributed by atoms with Crippen molar-refractivity contribution in [2.75, 3.05) is 13.1 Å². The molecular weight excluding hydrogens is 224 g/mol. The first-order chi connectivity index (χ1) is 8.69. The maximum absolute atomic E-state index is 12.1. The summed E-state index contributed by atoms with van der Waals surface area (Å²) < 4.78 is 0. The highest BCUT2D eigenvalue weighted by molar-refractivity contribution is 5.78. The lowest BCUT2D eigenvalue weighted by molar-refractivity contribution is -0.126. The van der Waals surface area contributed by atoms with Crippen LogP contribution in [-0.2, 0) is 4.79 Å². The van der Waals surface area contributed by atoms with Gasteiger partial charge >= 0.3 is 0 Å². The Morgan fingerprint density at radius 1 is 1.28 bits per heavy atom. The zero-order chi connectivity index (χ0) is 13.0. The first-order valence-corrected chi connectivity index (χ1v) is 7.67. The van der Waals surface area contributed by atoms with E-state index in [1.54, 1.807) is 0 Å². The first kappa shape index (κ1) is 13.9. The molecule has 3 heteroatoms. The van der Waals surface area contributed by atoms with Gasteiger partial charge in [0.1, 0.15) is 0 Å². The van der Waals surface area contributed by atoms with E-state index in [9.17, 15) is 4.79 Å². The summed E-state index contributed by atoms with van der Waals surface area (Å²) in [6.45, 7) is 3.93. The minimum absolute atomic E-state index is 0.255. The summed E-state index contributed by atoms with van der Waals surface area (Å²) in [7, 11) is 0. The quantitative estimate of drug-likeness (QED) is 0.763. The van der Waals surface area contributed by atoms with Crippen LogP contribution in [0.5, 0.6) is 0 Å². The van der Waals surface area contributed by atoms with Crippen molar-refractivity contribution < 1.29 is 4.79 Å². The molecule has 0 spiro atoms. The number of hydrogen-bond donors (Lipinski definition) is 2. The fourth-order valence-corrected chi connectivity index (χ4v) is 3.30. The average Bonchev–Trinajstić information content (AvgIpc) is 3.17. The van der Waals surface area contributed by atoms with Crippen molar-refractivity contribution in [2.45, 2.75) is 58.3 Å². The van der Waals surface area contributed by atoms with Crippen molar-refractivity contribution in [3.8, 4) is 0 Å². The van der Waals surface area contributed by atoms with Crippen LogP contribution >= 0.6 is 0 Å². The Morgan fingerprint density at radius 2 is 1.94 bits per heavy atom. The summed E-state index contributed by atoms with van der Waals surface area (Å²) >= 11 is 0. The van der Waals surface area contributed by atoms with E-state index in [-0.39, 0.29) is 5.92 Å². The number of nitrogens with two attached hydrogens (primary N) is 1. The topological polar surface area (TPSA) is 55.1 Å². The molecule has 104 valence electrons. The lowest BCUT2D eigenvalue weighted by atomic mass is 9.81. The van der Waals surface area contributed by atoms with E-state index < -0.39 is 0 Å². The van der Waals surface area contributed by atoms with Gasteiger partial charge in [-0.1, -0.05) is 13.3 Å². The summed E-state index contributed by atoms with van der Waals surface area (Å²) in [5, 5.41) is 3.20. The summed E-state index contributed by atoms with van der Waals surface area (Å²) in [5.74, 6) is 1.21. The summed E-state index contributed by atoms with van der Waals surface area (Å²) in [6, 6.07) is 0. The summed E-state index contributed by atoms with van der Waals surface area (Å²) in [6.07, 6.45) is 9.46. The molecule has 0 bridgehead atoms. The van der Waals surface area contributed by atoms with Crippen LogP contribution in [0.1, 0.15) is 58.3 Å². The number of nitrogens with one attached hydrogen (secondary N) is 1. The third kappa shape index (κ3) is 3.47. The van der Waals surface area contributed by atoms with Crippen molar-refractivity contribution in [2.24, 2.45) is 23.0 Å². The van der Waals surface area contributed by atoms with Gasteiger partial charge in [0.05, 0.1) is 0 Å². The van der Waals surface area contributed by atoms with E-state index in [1.165, 1.54) is 25.7 Å². The summed E-state index contributed by atoms with van der Waals surface area (Å²) in [5.41, 5.74) is 6.15. The molecule has 0 atom stereocenters. The van der Waals surface area contributed by atoms with E-state index in [4.69, 9.17) is 5.73 Å². The van der Waals surface area contributed by atoms with Gasteiger partial charge < -0.3 is 11.1 Å². The highest BCUT2D eigenvalue weighted by Crippen LogP contribution is 2.49. The molecule has 0 unspecified atom stereocenters. The molecule has 0 aromatic heterocycles. The number of rotatable bonds is 6. The molecule has 1 amide bonds. The van der Waals surface area contributed by atoms with Crippen LogP contribution in [0.15, 0.2) is 0 Å². The predicted octanol–water partition coefficient (Wildman–Crippen LogP) is 2.45. The Labute approximate surface area is 111 Å². The molecule has 0 heterocycles. The normalized spacial score (nSPS) is 29.9. The number of carbonyl (C=O) groups excluding carboxylic acids is 1. The Bertz CT molecular complexity index is 278. The minimum Gasteiger partial charge on any atom is -0.355 e. The van der Waals surface area contributed by atoms with Gasteiger partial charge in [0.15, 0.2) is 0 Å². The molecule has 0 aromatic rings. The zero-order valence-electron chi connectivity index (χ0n) is 11.7. The molecule has 2 fully saturated rings. The fourth-order valence-electron chi connectivity index (χ4n) is 3.30. The van der Waals surface area contributed by atoms with Crippen LogP contribution in [0.2, 0.25) is 0 Å². The van der Waals surface area contributed by atoms with Gasteiger partial charge in [0, 0.05) is 12.5 Å². The van der Waals surface area contributed by atoms with Crippen molar-refractivity contribution in [1.82, 2.24) is 5.32 Å². The van der Waals surface area contributed by atoms with Crippen LogP contribution in [0.25, 0.3) is 0 Å². The van der Waals surface area contributed by atoms with Gasteiger partial charge in [0.25, 0.3) is 0 Å². The van der Waals surface area contributed by atoms with Gasteiger partial charge in [0.2, 0.25) is 5.91 Å². The second-order valence-corrected chi connectivity index (χ2v) is 6.42. The third-order valence-electron chi connectivity index (χ3n) is 4.93. The average molecular weight is 252 g/mol. The number of carbonyl (C=O) groups is 1. The van der Waals surface area contributed by atoms with E-state index >= 15 is 0 Å². The Hall–Kier alpha value is -0.570. The van der Waals surface area contributed by atoms with Gasteiger partial charge in [-0.15, -0.1) is 0 Å². The highest BCUT2D eigenvalue weighted by Gasteiger charge is 2.41. The molecule has 0 saturated heterocycles. The molecule has 2 aliphatic carbocycles. The largest absolute Gasteiger partial charge is 0.355 e. The van der Waals surface area contributed by atoms with Crippen LogP contribution in [-0.4, -0.2) is 19.0 Å². The predicted molar refractivity (Wildman–Crippen MR) is 74.1 cm³/mol. The second-order valence-electron chi connectivity index (χ2n) is 6.42. The van der Waals surface area contributed by atoms with Gasteiger partial charge in [-0.2, -0.15) is 0 Å². The van der Waals surface area contributed by atoms with Gasteiger partial charge in [-0.05, 0) is 62.8 Å². The van der Waals surface area contributed by atoms with Crippen LogP contribution in [0.3, 0.4) is 0 Å². The molecule has 2 rings (SSSR count). The minimum atomic E-state index is 0.255.